The Labute approximate surface area is 134 Å². The van der Waals surface area contributed by atoms with Crippen LogP contribution in [0, 0.1) is 17.0 Å². The topological polar surface area (TPSA) is 75.4 Å². The largest absolute Gasteiger partial charge is 0.364 e. The highest BCUT2D eigenvalue weighted by atomic mass is 16.6. The van der Waals surface area contributed by atoms with E-state index in [0.29, 0.717) is 0 Å². The third-order valence-corrected chi connectivity index (χ3v) is 4.11. The molecular weight excluding hydrogens is 294 g/mol. The number of hydrogen-bond donors (Lipinski definition) is 0. The molecule has 1 saturated heterocycles. The average molecular weight is 313 g/mol. The lowest BCUT2D eigenvalue weighted by atomic mass is 10.1. The number of aromatic nitrogens is 2. The molecule has 0 radical (unpaired) electrons. The molecule has 0 unspecified atom stereocenters. The van der Waals surface area contributed by atoms with Crippen LogP contribution in [-0.4, -0.2) is 41.3 Å². The van der Waals surface area contributed by atoms with Gasteiger partial charge in [0.15, 0.2) is 5.82 Å². The molecule has 0 spiro atoms. The Morgan fingerprint density at radius 2 is 1.87 bits per heavy atom. The van der Waals surface area contributed by atoms with E-state index < -0.39 is 0 Å². The summed E-state index contributed by atoms with van der Waals surface area (Å²) >= 11 is 0. The zero-order valence-corrected chi connectivity index (χ0v) is 13.1. The zero-order chi connectivity index (χ0) is 16.2. The van der Waals surface area contributed by atoms with Crippen molar-refractivity contribution in [3.8, 4) is 0 Å². The van der Waals surface area contributed by atoms with Gasteiger partial charge in [-0.15, -0.1) is 5.10 Å². The molecule has 1 aliphatic rings. The molecule has 1 aromatic carbocycles. The Balaban J connectivity index is 1.83. The van der Waals surface area contributed by atoms with E-state index in [1.54, 1.807) is 18.3 Å². The van der Waals surface area contributed by atoms with Crippen LogP contribution in [0.5, 0.6) is 0 Å². The third-order valence-electron chi connectivity index (χ3n) is 4.11. The van der Waals surface area contributed by atoms with Crippen LogP contribution in [0.2, 0.25) is 0 Å². The van der Waals surface area contributed by atoms with Gasteiger partial charge in [0.25, 0.3) is 5.69 Å². The van der Waals surface area contributed by atoms with E-state index in [9.17, 15) is 10.1 Å². The molecule has 1 aliphatic heterocycles. The Kier molecular flexibility index (Phi) is 4.36. The summed E-state index contributed by atoms with van der Waals surface area (Å²) in [6.45, 7) is 5.08. The number of aryl methyl sites for hydroxylation is 1. The quantitative estimate of drug-likeness (QED) is 0.640. The summed E-state index contributed by atoms with van der Waals surface area (Å²) in [5.41, 5.74) is 1.85. The summed E-state index contributed by atoms with van der Waals surface area (Å²) in [4.78, 5) is 15.3. The molecule has 0 saturated carbocycles. The summed E-state index contributed by atoms with van der Waals surface area (Å²) in [5, 5.41) is 19.4. The van der Waals surface area contributed by atoms with Crippen molar-refractivity contribution >= 4 is 17.2 Å². The maximum Gasteiger partial charge on any atom is 0.292 e. The minimum absolute atomic E-state index is 0.179. The average Bonchev–Trinajstić information content (AvgIpc) is 2.81. The lowest BCUT2D eigenvalue weighted by Crippen LogP contribution is -2.31. The monoisotopic (exact) mass is 313 g/mol. The molecule has 0 amide bonds. The van der Waals surface area contributed by atoms with Gasteiger partial charge in [0.1, 0.15) is 5.69 Å². The Morgan fingerprint density at radius 1 is 1.09 bits per heavy atom. The van der Waals surface area contributed by atoms with E-state index >= 15 is 0 Å². The number of nitro groups is 1. The summed E-state index contributed by atoms with van der Waals surface area (Å²) < 4.78 is 0. The highest BCUT2D eigenvalue weighted by Crippen LogP contribution is 2.32. The Morgan fingerprint density at radius 3 is 2.61 bits per heavy atom. The van der Waals surface area contributed by atoms with Gasteiger partial charge in [-0.3, -0.25) is 10.1 Å². The minimum Gasteiger partial charge on any atom is -0.364 e. The van der Waals surface area contributed by atoms with Gasteiger partial charge < -0.3 is 9.80 Å². The first-order valence-corrected chi connectivity index (χ1v) is 7.68. The van der Waals surface area contributed by atoms with Crippen molar-refractivity contribution in [2.75, 3.05) is 36.0 Å². The van der Waals surface area contributed by atoms with Crippen molar-refractivity contribution in [3.63, 3.8) is 0 Å². The maximum atomic E-state index is 11.3. The number of nitro benzene ring substituents is 1. The smallest absolute Gasteiger partial charge is 0.292 e. The summed E-state index contributed by atoms with van der Waals surface area (Å²) in [7, 11) is 0. The van der Waals surface area contributed by atoms with E-state index in [1.165, 1.54) is 0 Å². The first kappa shape index (κ1) is 15.2. The molecule has 0 aliphatic carbocycles. The number of benzene rings is 1. The molecule has 7 nitrogen and oxygen atoms in total. The highest BCUT2D eigenvalue weighted by Gasteiger charge is 2.24. The Bertz CT molecular complexity index is 692. The van der Waals surface area contributed by atoms with E-state index in [1.807, 2.05) is 25.1 Å². The molecule has 0 bridgehead atoms. The van der Waals surface area contributed by atoms with Gasteiger partial charge in [0.05, 0.1) is 4.92 Å². The van der Waals surface area contributed by atoms with Gasteiger partial charge in [-0.2, -0.15) is 5.10 Å². The molecule has 23 heavy (non-hydrogen) atoms. The van der Waals surface area contributed by atoms with Crippen molar-refractivity contribution in [3.05, 3.63) is 52.2 Å². The van der Waals surface area contributed by atoms with Crippen molar-refractivity contribution < 1.29 is 4.92 Å². The molecule has 120 valence electrons. The van der Waals surface area contributed by atoms with Crippen LogP contribution in [0.15, 0.2) is 36.5 Å². The van der Waals surface area contributed by atoms with Gasteiger partial charge in [-0.25, -0.2) is 0 Å². The van der Waals surface area contributed by atoms with Gasteiger partial charge in [-0.05, 0) is 31.0 Å². The number of para-hydroxylation sites is 1. The first-order chi connectivity index (χ1) is 11.2. The molecule has 0 atom stereocenters. The van der Waals surface area contributed by atoms with Crippen molar-refractivity contribution in [2.24, 2.45) is 0 Å². The lowest BCUT2D eigenvalue weighted by molar-refractivity contribution is -0.384. The number of nitrogens with zero attached hydrogens (tertiary/aromatic N) is 5. The molecular formula is C16H19N5O2. The van der Waals surface area contributed by atoms with Crippen LogP contribution in [0.1, 0.15) is 12.0 Å². The standard InChI is InChI=1S/C16H19N5O2/c1-13-5-2-6-14(21(22)23)16(13)20-10-4-9-19(11-12-20)15-7-3-8-17-18-15/h2-3,5-8H,4,9-12H2,1H3. The zero-order valence-electron chi connectivity index (χ0n) is 13.1. The minimum atomic E-state index is -0.298. The van der Waals surface area contributed by atoms with Crippen molar-refractivity contribution in [1.82, 2.24) is 10.2 Å². The third kappa shape index (κ3) is 3.23. The summed E-state index contributed by atoms with van der Waals surface area (Å²) in [6, 6.07) is 9.05. The molecule has 2 aromatic rings. The van der Waals surface area contributed by atoms with Gasteiger partial charge in [0.2, 0.25) is 0 Å². The van der Waals surface area contributed by atoms with Gasteiger partial charge >= 0.3 is 0 Å². The fourth-order valence-electron chi connectivity index (χ4n) is 3.03. The molecule has 3 rings (SSSR count). The van der Waals surface area contributed by atoms with E-state index in [4.69, 9.17) is 0 Å². The summed E-state index contributed by atoms with van der Waals surface area (Å²) in [6.07, 6.45) is 2.58. The SMILES string of the molecule is Cc1cccc([N+](=O)[O-])c1N1CCCN(c2cccnn2)CC1. The van der Waals surface area contributed by atoms with Crippen molar-refractivity contribution in [2.45, 2.75) is 13.3 Å². The fraction of sp³-hybridized carbons (Fsp3) is 0.375. The van der Waals surface area contributed by atoms with Crippen LogP contribution in [0.3, 0.4) is 0 Å². The number of anilines is 2. The molecule has 2 heterocycles. The second-order valence-electron chi connectivity index (χ2n) is 5.61. The fourth-order valence-corrected chi connectivity index (χ4v) is 3.03. The normalized spacial score (nSPS) is 15.3. The second kappa shape index (κ2) is 6.60. The first-order valence-electron chi connectivity index (χ1n) is 7.68. The second-order valence-corrected chi connectivity index (χ2v) is 5.61. The van der Waals surface area contributed by atoms with Crippen LogP contribution < -0.4 is 9.80 Å². The van der Waals surface area contributed by atoms with E-state index in [0.717, 1.165) is 49.7 Å². The Hall–Kier alpha value is -2.70. The maximum absolute atomic E-state index is 11.3. The predicted octanol–water partition coefficient (Wildman–Crippen LogP) is 2.41. The lowest BCUT2D eigenvalue weighted by Gasteiger charge is -2.25. The van der Waals surface area contributed by atoms with Crippen LogP contribution in [0.25, 0.3) is 0 Å². The highest BCUT2D eigenvalue weighted by molar-refractivity contribution is 5.68. The van der Waals surface area contributed by atoms with Crippen LogP contribution >= 0.6 is 0 Å². The number of hydrogen-bond acceptors (Lipinski definition) is 6. The van der Waals surface area contributed by atoms with Crippen LogP contribution in [-0.2, 0) is 0 Å². The van der Waals surface area contributed by atoms with E-state index in [-0.39, 0.29) is 10.6 Å². The van der Waals surface area contributed by atoms with Crippen LogP contribution in [0.4, 0.5) is 17.2 Å². The summed E-state index contributed by atoms with van der Waals surface area (Å²) in [5.74, 6) is 0.855. The molecule has 1 fully saturated rings. The number of rotatable bonds is 3. The molecule has 7 heteroatoms. The molecule has 1 aromatic heterocycles. The van der Waals surface area contributed by atoms with E-state index in [2.05, 4.69) is 20.0 Å². The van der Waals surface area contributed by atoms with Gasteiger partial charge in [-0.1, -0.05) is 12.1 Å². The molecule has 0 N–H and O–H groups in total. The van der Waals surface area contributed by atoms with Gasteiger partial charge in [0, 0.05) is 38.4 Å². The van der Waals surface area contributed by atoms with Crippen molar-refractivity contribution in [1.29, 1.82) is 0 Å². The predicted molar refractivity (Wildman–Crippen MR) is 88.9 cm³/mol.